The Bertz CT molecular complexity index is 667. The molecule has 1 aliphatic rings. The molecule has 1 atom stereocenters. The minimum absolute atomic E-state index is 0.00950. The van der Waals surface area contributed by atoms with Crippen LogP contribution in [-0.4, -0.2) is 31.1 Å². The van der Waals surface area contributed by atoms with Crippen LogP contribution in [0.2, 0.25) is 0 Å². The molecule has 4 nitrogen and oxygen atoms in total. The van der Waals surface area contributed by atoms with E-state index in [1.165, 1.54) is 10.4 Å². The van der Waals surface area contributed by atoms with Crippen molar-refractivity contribution in [2.45, 2.75) is 19.4 Å². The Balaban J connectivity index is 1.66. The topological polar surface area (TPSA) is 38.8 Å². The molecule has 0 radical (unpaired) electrons. The van der Waals surface area contributed by atoms with Crippen LogP contribution >= 0.6 is 11.3 Å². The number of nitrogens with zero attached hydrogens (tertiary/aromatic N) is 1. The monoisotopic (exact) mass is 317 g/mol. The highest BCUT2D eigenvalue weighted by molar-refractivity contribution is 7.10. The molecule has 1 aliphatic heterocycles. The second-order valence-corrected chi connectivity index (χ2v) is 6.25. The number of hydrogen-bond donors (Lipinski definition) is 0. The maximum absolute atomic E-state index is 12.5. The van der Waals surface area contributed by atoms with Crippen molar-refractivity contribution in [2.75, 3.05) is 20.3 Å². The van der Waals surface area contributed by atoms with E-state index in [9.17, 15) is 4.79 Å². The molecule has 116 valence electrons. The fraction of sp³-hybridized carbons (Fsp3) is 0.353. The van der Waals surface area contributed by atoms with Crippen LogP contribution in [0.25, 0.3) is 0 Å². The Kier molecular flexibility index (Phi) is 4.34. The van der Waals surface area contributed by atoms with Gasteiger partial charge in [-0.2, -0.15) is 0 Å². The van der Waals surface area contributed by atoms with E-state index in [1.807, 2.05) is 29.2 Å². The smallest absolute Gasteiger partial charge is 0.261 e. The standard InChI is InChI=1S/C17H19NO3S/c1-12-13-8-10-22-16(13)7-9-18(12)17(19)11-21-15-6-4-3-5-14(15)20-2/h3-6,8,10,12H,7,9,11H2,1-2H3. The van der Waals surface area contributed by atoms with E-state index in [2.05, 4.69) is 18.4 Å². The number of rotatable bonds is 4. The number of ether oxygens (including phenoxy) is 2. The van der Waals surface area contributed by atoms with Crippen molar-refractivity contribution >= 4 is 17.2 Å². The van der Waals surface area contributed by atoms with Gasteiger partial charge in [0.2, 0.25) is 0 Å². The van der Waals surface area contributed by atoms with Gasteiger partial charge in [0.25, 0.3) is 5.91 Å². The fourth-order valence-electron chi connectivity index (χ4n) is 2.81. The minimum atomic E-state index is 0.00950. The molecule has 0 fully saturated rings. The minimum Gasteiger partial charge on any atom is -0.493 e. The van der Waals surface area contributed by atoms with Crippen LogP contribution in [0.1, 0.15) is 23.4 Å². The SMILES string of the molecule is COc1ccccc1OCC(=O)N1CCc2sccc2C1C. The van der Waals surface area contributed by atoms with E-state index in [0.29, 0.717) is 11.5 Å². The molecule has 22 heavy (non-hydrogen) atoms. The van der Waals surface area contributed by atoms with Gasteiger partial charge in [0.15, 0.2) is 18.1 Å². The molecule has 0 aliphatic carbocycles. The predicted molar refractivity (Wildman–Crippen MR) is 86.6 cm³/mol. The van der Waals surface area contributed by atoms with Crippen LogP contribution in [-0.2, 0) is 11.2 Å². The van der Waals surface area contributed by atoms with Gasteiger partial charge in [0, 0.05) is 11.4 Å². The normalized spacial score (nSPS) is 17.0. The van der Waals surface area contributed by atoms with Crippen molar-refractivity contribution in [1.29, 1.82) is 0 Å². The number of hydrogen-bond acceptors (Lipinski definition) is 4. The average molecular weight is 317 g/mol. The molecule has 2 heterocycles. The van der Waals surface area contributed by atoms with Gasteiger partial charge in [0.05, 0.1) is 13.2 Å². The summed E-state index contributed by atoms with van der Waals surface area (Å²) in [6.45, 7) is 2.86. The molecule has 1 aromatic heterocycles. The summed E-state index contributed by atoms with van der Waals surface area (Å²) in [4.78, 5) is 15.8. The van der Waals surface area contributed by atoms with E-state index in [1.54, 1.807) is 18.4 Å². The highest BCUT2D eigenvalue weighted by Gasteiger charge is 2.28. The number of para-hydroxylation sites is 2. The lowest BCUT2D eigenvalue weighted by Gasteiger charge is -2.33. The molecule has 5 heteroatoms. The molecule has 0 bridgehead atoms. The molecular formula is C17H19NO3S. The highest BCUT2D eigenvalue weighted by atomic mass is 32.1. The molecular weight excluding hydrogens is 298 g/mol. The van der Waals surface area contributed by atoms with Gasteiger partial charge >= 0.3 is 0 Å². The molecule has 1 amide bonds. The van der Waals surface area contributed by atoms with Crippen molar-refractivity contribution < 1.29 is 14.3 Å². The highest BCUT2D eigenvalue weighted by Crippen LogP contribution is 2.33. The largest absolute Gasteiger partial charge is 0.493 e. The van der Waals surface area contributed by atoms with Crippen LogP contribution in [0.4, 0.5) is 0 Å². The van der Waals surface area contributed by atoms with Crippen LogP contribution in [0.5, 0.6) is 11.5 Å². The zero-order valence-corrected chi connectivity index (χ0v) is 13.6. The third-order valence-electron chi connectivity index (χ3n) is 4.02. The Morgan fingerprint density at radius 3 is 2.86 bits per heavy atom. The van der Waals surface area contributed by atoms with Crippen molar-refractivity contribution in [2.24, 2.45) is 0 Å². The van der Waals surface area contributed by atoms with Crippen LogP contribution in [0, 0.1) is 0 Å². The summed E-state index contributed by atoms with van der Waals surface area (Å²) in [6.07, 6.45) is 0.928. The summed E-state index contributed by atoms with van der Waals surface area (Å²) >= 11 is 1.77. The van der Waals surface area contributed by atoms with Crippen molar-refractivity contribution in [3.63, 3.8) is 0 Å². The number of thiophene rings is 1. The molecule has 0 N–H and O–H groups in total. The van der Waals surface area contributed by atoms with Gasteiger partial charge in [-0.25, -0.2) is 0 Å². The van der Waals surface area contributed by atoms with Crippen LogP contribution in [0.3, 0.4) is 0 Å². The van der Waals surface area contributed by atoms with Crippen molar-refractivity contribution in [3.8, 4) is 11.5 Å². The predicted octanol–water partition coefficient (Wildman–Crippen LogP) is 3.28. The summed E-state index contributed by atoms with van der Waals surface area (Å²) in [6, 6.07) is 9.60. The van der Waals surface area contributed by atoms with Crippen LogP contribution < -0.4 is 9.47 Å². The Morgan fingerprint density at radius 1 is 1.32 bits per heavy atom. The second-order valence-electron chi connectivity index (χ2n) is 5.25. The number of amides is 1. The van der Waals surface area contributed by atoms with Gasteiger partial charge < -0.3 is 14.4 Å². The summed E-state index contributed by atoms with van der Waals surface area (Å²) in [5, 5.41) is 2.10. The van der Waals surface area contributed by atoms with Gasteiger partial charge in [0.1, 0.15) is 0 Å². The molecule has 2 aromatic rings. The van der Waals surface area contributed by atoms with E-state index in [0.717, 1.165) is 13.0 Å². The second kappa shape index (κ2) is 6.40. The number of carbonyl (C=O) groups excluding carboxylic acids is 1. The molecule has 3 rings (SSSR count). The first kappa shape index (κ1) is 14.9. The summed E-state index contributed by atoms with van der Waals surface area (Å²) < 4.78 is 10.9. The maximum atomic E-state index is 12.5. The van der Waals surface area contributed by atoms with E-state index in [4.69, 9.17) is 9.47 Å². The van der Waals surface area contributed by atoms with Crippen molar-refractivity contribution in [1.82, 2.24) is 4.90 Å². The average Bonchev–Trinajstić information content (AvgIpc) is 3.02. The van der Waals surface area contributed by atoms with Crippen LogP contribution in [0.15, 0.2) is 35.7 Å². The number of methoxy groups -OCH3 is 1. The van der Waals surface area contributed by atoms with Gasteiger partial charge in [-0.05, 0) is 42.5 Å². The summed E-state index contributed by atoms with van der Waals surface area (Å²) in [5.41, 5.74) is 1.27. The Labute approximate surface area is 134 Å². The number of carbonyl (C=O) groups is 1. The van der Waals surface area contributed by atoms with E-state index < -0.39 is 0 Å². The third-order valence-corrected chi connectivity index (χ3v) is 5.01. The van der Waals surface area contributed by atoms with Gasteiger partial charge in [-0.15, -0.1) is 11.3 Å². The quantitative estimate of drug-likeness (QED) is 0.868. The molecule has 1 aromatic carbocycles. The lowest BCUT2D eigenvalue weighted by molar-refractivity contribution is -0.135. The lowest BCUT2D eigenvalue weighted by atomic mass is 10.0. The van der Waals surface area contributed by atoms with Gasteiger partial charge in [-0.1, -0.05) is 12.1 Å². The Hall–Kier alpha value is -2.01. The maximum Gasteiger partial charge on any atom is 0.261 e. The number of fused-ring (bicyclic) bond motifs is 1. The zero-order valence-electron chi connectivity index (χ0n) is 12.7. The zero-order chi connectivity index (χ0) is 15.5. The first-order chi connectivity index (χ1) is 10.7. The van der Waals surface area contributed by atoms with E-state index >= 15 is 0 Å². The fourth-order valence-corrected chi connectivity index (χ4v) is 3.77. The summed E-state index contributed by atoms with van der Waals surface area (Å²) in [7, 11) is 1.59. The van der Waals surface area contributed by atoms with Crippen molar-refractivity contribution in [3.05, 3.63) is 46.2 Å². The molecule has 0 saturated carbocycles. The van der Waals surface area contributed by atoms with E-state index in [-0.39, 0.29) is 18.6 Å². The number of benzene rings is 1. The van der Waals surface area contributed by atoms with Gasteiger partial charge in [-0.3, -0.25) is 4.79 Å². The molecule has 0 saturated heterocycles. The lowest BCUT2D eigenvalue weighted by Crippen LogP contribution is -2.40. The Morgan fingerprint density at radius 2 is 2.09 bits per heavy atom. The molecule has 1 unspecified atom stereocenters. The first-order valence-electron chi connectivity index (χ1n) is 7.32. The molecule has 0 spiro atoms. The third kappa shape index (κ3) is 2.81. The summed E-state index contributed by atoms with van der Waals surface area (Å²) in [5.74, 6) is 1.25. The first-order valence-corrected chi connectivity index (χ1v) is 8.20.